The van der Waals surface area contributed by atoms with Crippen molar-refractivity contribution in [1.29, 1.82) is 0 Å². The maximum Gasteiger partial charge on any atom is 0.317 e. The summed E-state index contributed by atoms with van der Waals surface area (Å²) in [5, 5.41) is 11.8. The minimum Gasteiger partial charge on any atom is -0.481 e. The Bertz CT molecular complexity index is 504. The second kappa shape index (κ2) is 6.36. The first-order chi connectivity index (χ1) is 9.56. The smallest absolute Gasteiger partial charge is 0.317 e. The van der Waals surface area contributed by atoms with Crippen molar-refractivity contribution in [3.63, 3.8) is 0 Å². The molecule has 2 rings (SSSR count). The van der Waals surface area contributed by atoms with Gasteiger partial charge in [-0.2, -0.15) is 0 Å². The second-order valence-corrected chi connectivity index (χ2v) is 5.09. The van der Waals surface area contributed by atoms with E-state index in [2.05, 4.69) is 10.3 Å². The number of aromatic nitrogens is 1. The van der Waals surface area contributed by atoms with Gasteiger partial charge in [-0.15, -0.1) is 0 Å². The average Bonchev–Trinajstić information content (AvgIpc) is 2.45. The van der Waals surface area contributed by atoms with Crippen molar-refractivity contribution in [2.45, 2.75) is 26.3 Å². The zero-order valence-electron chi connectivity index (χ0n) is 11.5. The molecular weight excluding hydrogens is 258 g/mol. The standard InChI is InChI=1S/C14H19N3O3/c1-10-7-11(4-5-15-10)8-16-14(20)17-6-2-3-12(9-17)13(18)19/h4-5,7,12H,2-3,6,8-9H2,1H3,(H,16,20)(H,18,19). The quantitative estimate of drug-likeness (QED) is 0.874. The first-order valence-corrected chi connectivity index (χ1v) is 6.73. The van der Waals surface area contributed by atoms with E-state index in [1.54, 1.807) is 11.1 Å². The van der Waals surface area contributed by atoms with E-state index < -0.39 is 11.9 Å². The molecule has 1 unspecified atom stereocenters. The Morgan fingerprint density at radius 1 is 1.55 bits per heavy atom. The molecule has 0 saturated carbocycles. The second-order valence-electron chi connectivity index (χ2n) is 5.09. The monoisotopic (exact) mass is 277 g/mol. The van der Waals surface area contributed by atoms with Gasteiger partial charge in [-0.25, -0.2) is 4.79 Å². The fourth-order valence-electron chi connectivity index (χ4n) is 2.37. The lowest BCUT2D eigenvalue weighted by Crippen LogP contribution is -2.46. The lowest BCUT2D eigenvalue weighted by molar-refractivity contribution is -0.143. The zero-order valence-corrected chi connectivity index (χ0v) is 11.5. The van der Waals surface area contributed by atoms with Gasteiger partial charge in [0.25, 0.3) is 0 Å². The number of likely N-dealkylation sites (tertiary alicyclic amines) is 1. The molecule has 6 heteroatoms. The summed E-state index contributed by atoms with van der Waals surface area (Å²) in [6, 6.07) is 3.56. The van der Waals surface area contributed by atoms with Gasteiger partial charge >= 0.3 is 12.0 Å². The zero-order chi connectivity index (χ0) is 14.5. The van der Waals surface area contributed by atoms with E-state index in [1.807, 2.05) is 19.1 Å². The molecule has 1 aliphatic rings. The molecule has 20 heavy (non-hydrogen) atoms. The molecule has 1 atom stereocenters. The molecule has 2 amide bonds. The number of nitrogens with one attached hydrogen (secondary N) is 1. The van der Waals surface area contributed by atoms with Crippen LogP contribution in [0.25, 0.3) is 0 Å². The van der Waals surface area contributed by atoms with Crippen LogP contribution in [0, 0.1) is 12.8 Å². The molecule has 1 aromatic heterocycles. The lowest BCUT2D eigenvalue weighted by atomic mass is 9.99. The van der Waals surface area contributed by atoms with E-state index in [0.717, 1.165) is 17.7 Å². The van der Waals surface area contributed by atoms with Crippen LogP contribution in [0.5, 0.6) is 0 Å². The third-order valence-corrected chi connectivity index (χ3v) is 3.46. The largest absolute Gasteiger partial charge is 0.481 e. The highest BCUT2D eigenvalue weighted by Gasteiger charge is 2.27. The number of urea groups is 1. The summed E-state index contributed by atoms with van der Waals surface area (Å²) in [5.74, 6) is -1.27. The number of hydrogen-bond donors (Lipinski definition) is 2. The molecule has 0 bridgehead atoms. The van der Waals surface area contributed by atoms with Crippen LogP contribution in [0.15, 0.2) is 18.3 Å². The van der Waals surface area contributed by atoms with E-state index in [0.29, 0.717) is 19.5 Å². The number of amides is 2. The molecule has 1 fully saturated rings. The van der Waals surface area contributed by atoms with Crippen molar-refractivity contribution in [3.05, 3.63) is 29.6 Å². The Morgan fingerprint density at radius 3 is 3.05 bits per heavy atom. The van der Waals surface area contributed by atoms with E-state index in [1.165, 1.54) is 0 Å². The van der Waals surface area contributed by atoms with Crippen molar-refractivity contribution in [2.75, 3.05) is 13.1 Å². The number of carbonyl (C=O) groups is 2. The van der Waals surface area contributed by atoms with Crippen molar-refractivity contribution in [3.8, 4) is 0 Å². The van der Waals surface area contributed by atoms with Gasteiger partial charge in [0.2, 0.25) is 0 Å². The lowest BCUT2D eigenvalue weighted by Gasteiger charge is -2.30. The van der Waals surface area contributed by atoms with Gasteiger partial charge in [0.1, 0.15) is 0 Å². The third kappa shape index (κ3) is 3.69. The van der Waals surface area contributed by atoms with Crippen molar-refractivity contribution >= 4 is 12.0 Å². The van der Waals surface area contributed by atoms with Gasteiger partial charge in [-0.3, -0.25) is 9.78 Å². The number of nitrogens with zero attached hydrogens (tertiary/aromatic N) is 2. The molecule has 0 spiro atoms. The molecule has 1 saturated heterocycles. The number of pyridine rings is 1. The van der Waals surface area contributed by atoms with Crippen molar-refractivity contribution in [2.24, 2.45) is 5.92 Å². The third-order valence-electron chi connectivity index (χ3n) is 3.46. The van der Waals surface area contributed by atoms with Crippen LogP contribution in [0.4, 0.5) is 4.79 Å². The minimum absolute atomic E-state index is 0.203. The van der Waals surface area contributed by atoms with E-state index >= 15 is 0 Å². The number of hydrogen-bond acceptors (Lipinski definition) is 3. The number of rotatable bonds is 3. The minimum atomic E-state index is -0.827. The normalized spacial score (nSPS) is 18.6. The topological polar surface area (TPSA) is 82.5 Å². The van der Waals surface area contributed by atoms with E-state index in [-0.39, 0.29) is 12.6 Å². The van der Waals surface area contributed by atoms with Gasteiger partial charge in [-0.05, 0) is 37.5 Å². The maximum atomic E-state index is 12.0. The summed E-state index contributed by atoms with van der Waals surface area (Å²) >= 11 is 0. The Hall–Kier alpha value is -2.11. The molecule has 6 nitrogen and oxygen atoms in total. The van der Waals surface area contributed by atoms with E-state index in [4.69, 9.17) is 5.11 Å². The molecule has 1 aromatic rings. The summed E-state index contributed by atoms with van der Waals surface area (Å²) < 4.78 is 0. The fourth-order valence-corrected chi connectivity index (χ4v) is 2.37. The van der Waals surface area contributed by atoms with Crippen molar-refractivity contribution < 1.29 is 14.7 Å². The summed E-state index contributed by atoms with van der Waals surface area (Å²) in [7, 11) is 0. The number of aliphatic carboxylic acids is 1. The molecule has 0 radical (unpaired) electrons. The SMILES string of the molecule is Cc1cc(CNC(=O)N2CCCC(C(=O)O)C2)ccn1. The van der Waals surface area contributed by atoms with Gasteiger partial charge in [-0.1, -0.05) is 0 Å². The Labute approximate surface area is 117 Å². The Morgan fingerprint density at radius 2 is 2.35 bits per heavy atom. The maximum absolute atomic E-state index is 12.0. The summed E-state index contributed by atoms with van der Waals surface area (Å²) in [6.45, 7) is 3.23. The molecule has 2 N–H and O–H groups in total. The summed E-state index contributed by atoms with van der Waals surface area (Å²) in [4.78, 5) is 28.7. The van der Waals surface area contributed by atoms with Crippen LogP contribution in [0.2, 0.25) is 0 Å². The first-order valence-electron chi connectivity index (χ1n) is 6.73. The molecule has 2 heterocycles. The summed E-state index contributed by atoms with van der Waals surface area (Å²) in [5.41, 5.74) is 1.89. The predicted octanol–water partition coefficient (Wildman–Crippen LogP) is 1.40. The number of piperidine rings is 1. The average molecular weight is 277 g/mol. The van der Waals surface area contributed by atoms with Crippen LogP contribution < -0.4 is 5.32 Å². The van der Waals surface area contributed by atoms with Gasteiger partial charge in [0.15, 0.2) is 0 Å². The Kier molecular flexibility index (Phi) is 4.55. The van der Waals surface area contributed by atoms with Crippen LogP contribution in [0.1, 0.15) is 24.1 Å². The fraction of sp³-hybridized carbons (Fsp3) is 0.500. The first kappa shape index (κ1) is 14.3. The highest BCUT2D eigenvalue weighted by Crippen LogP contribution is 2.16. The van der Waals surface area contributed by atoms with Gasteiger partial charge in [0, 0.05) is 31.5 Å². The van der Waals surface area contributed by atoms with E-state index in [9.17, 15) is 9.59 Å². The van der Waals surface area contributed by atoms with Gasteiger partial charge in [0.05, 0.1) is 5.92 Å². The van der Waals surface area contributed by atoms with Crippen LogP contribution in [-0.2, 0) is 11.3 Å². The summed E-state index contributed by atoms with van der Waals surface area (Å²) in [6.07, 6.45) is 3.08. The molecule has 0 aromatic carbocycles. The van der Waals surface area contributed by atoms with Crippen LogP contribution in [0.3, 0.4) is 0 Å². The number of carboxylic acids is 1. The number of aryl methyl sites for hydroxylation is 1. The van der Waals surface area contributed by atoms with Crippen molar-refractivity contribution in [1.82, 2.24) is 15.2 Å². The molecule has 1 aliphatic heterocycles. The predicted molar refractivity (Wildman–Crippen MR) is 73.1 cm³/mol. The van der Waals surface area contributed by atoms with Crippen LogP contribution >= 0.6 is 0 Å². The molecular formula is C14H19N3O3. The highest BCUT2D eigenvalue weighted by atomic mass is 16.4. The number of carbonyl (C=O) groups excluding carboxylic acids is 1. The highest BCUT2D eigenvalue weighted by molar-refractivity contribution is 5.76. The Balaban J connectivity index is 1.87. The molecule has 0 aliphatic carbocycles. The molecule has 108 valence electrons. The number of carboxylic acid groups (broad SMARTS) is 1. The van der Waals surface area contributed by atoms with Gasteiger partial charge < -0.3 is 15.3 Å². The van der Waals surface area contributed by atoms with Crippen LogP contribution in [-0.4, -0.2) is 40.1 Å².